The molecule has 2 aromatic carbocycles. The molecule has 0 radical (unpaired) electrons. The maximum atomic E-state index is 14.7. The third-order valence-electron chi connectivity index (χ3n) is 13.8. The van der Waals surface area contributed by atoms with Crippen LogP contribution in [0.4, 0.5) is 26.2 Å². The fraction of sp³-hybridized carbons (Fsp3) is 0.468. The van der Waals surface area contributed by atoms with Crippen LogP contribution in [0.2, 0.25) is 5.02 Å². The molecule has 2 amide bonds. The Hall–Kier alpha value is -6.08. The van der Waals surface area contributed by atoms with E-state index in [4.69, 9.17) is 21.4 Å². The molecule has 1 aliphatic carbocycles. The van der Waals surface area contributed by atoms with Gasteiger partial charge in [0.1, 0.15) is 17.9 Å². The quantitative estimate of drug-likeness (QED) is 0.154. The first kappa shape index (κ1) is 43.2. The number of aromatic nitrogens is 6. The number of carbonyl (C=O) groups excluding carboxylic acids is 2. The number of amides is 2. The summed E-state index contributed by atoms with van der Waals surface area (Å²) in [5.41, 5.74) is 4.75. The first-order valence-electron chi connectivity index (χ1n) is 21.9. The molecular weight excluding hydrogens is 840 g/mol. The Labute approximate surface area is 376 Å². The van der Waals surface area contributed by atoms with Crippen molar-refractivity contribution in [1.82, 2.24) is 39.7 Å². The Morgan fingerprint density at radius 1 is 1.00 bits per heavy atom. The average molecular weight is 892 g/mol. The third kappa shape index (κ3) is 7.61. The highest BCUT2D eigenvalue weighted by atomic mass is 35.5. The fourth-order valence-corrected chi connectivity index (χ4v) is 11.0. The molecule has 334 valence electrons. The molecule has 0 unspecified atom stereocenters. The molecule has 1 saturated heterocycles. The van der Waals surface area contributed by atoms with E-state index in [1.165, 1.54) is 0 Å². The molecule has 0 atom stereocenters. The molecule has 3 aromatic heterocycles. The Morgan fingerprint density at radius 3 is 2.38 bits per heavy atom. The summed E-state index contributed by atoms with van der Waals surface area (Å²) in [5.74, 6) is 1.55. The normalized spacial score (nSPS) is 20.3. The third-order valence-corrected chi connectivity index (χ3v) is 14.1. The maximum Gasteiger partial charge on any atom is 0.264 e. The smallest absolute Gasteiger partial charge is 0.264 e. The van der Waals surface area contributed by atoms with Crippen molar-refractivity contribution in [1.29, 1.82) is 5.26 Å². The Bertz CT molecular complexity index is 2650. The minimum atomic E-state index is -2.68. The van der Waals surface area contributed by atoms with Gasteiger partial charge in [-0.05, 0) is 61.1 Å². The van der Waals surface area contributed by atoms with Crippen molar-refractivity contribution in [2.24, 2.45) is 17.9 Å². The van der Waals surface area contributed by atoms with Crippen LogP contribution in [0.3, 0.4) is 0 Å². The van der Waals surface area contributed by atoms with Gasteiger partial charge in [-0.2, -0.15) is 15.5 Å². The zero-order valence-electron chi connectivity index (χ0n) is 36.9. The maximum absolute atomic E-state index is 14.7. The number of anilines is 3. The molecule has 6 heterocycles. The molecule has 14 nitrogen and oxygen atoms in total. The molecular formula is C47H52ClF2N11O3. The lowest BCUT2D eigenvalue weighted by Gasteiger charge is -2.63. The van der Waals surface area contributed by atoms with Gasteiger partial charge in [-0.15, -0.1) is 0 Å². The van der Waals surface area contributed by atoms with Gasteiger partial charge < -0.3 is 24.8 Å². The first-order valence-corrected chi connectivity index (χ1v) is 22.2. The van der Waals surface area contributed by atoms with Crippen molar-refractivity contribution in [3.05, 3.63) is 93.7 Å². The standard InChI is InChI=1S/C47H52ClF2N11O3/c1-27(62)59-17-13-38-36(26-59)41(60-14-7-8-28-18-34(31-24-54-57(6)25-31)35(40(49)50)20-39(28)60)56-61(38)32-11-15-58(16-12-32)45-52-22-30(23-53-45)42(63)55-43-46(2,3)44(47(43,4)5)64-33-10-9-29(21-51)37(48)19-33/h9-10,18-20,22-25,32,40,43-44H,7-8,11-17,26H2,1-6H3,(H,55,63). The number of alkyl halides is 2. The molecule has 0 spiro atoms. The summed E-state index contributed by atoms with van der Waals surface area (Å²) in [7, 11) is 1.77. The van der Waals surface area contributed by atoms with Crippen LogP contribution in [0.15, 0.2) is 55.1 Å². The molecule has 3 aliphatic heterocycles. The Balaban J connectivity index is 0.894. The number of rotatable bonds is 9. The number of nitrogens with one attached hydrogen (secondary N) is 1. The van der Waals surface area contributed by atoms with E-state index < -0.39 is 17.3 Å². The average Bonchev–Trinajstić information content (AvgIpc) is 3.90. The van der Waals surface area contributed by atoms with Crippen molar-refractivity contribution < 1.29 is 23.1 Å². The summed E-state index contributed by atoms with van der Waals surface area (Å²) in [6, 6.07) is 10.5. The second kappa shape index (κ2) is 16.5. The summed E-state index contributed by atoms with van der Waals surface area (Å²) in [5, 5.41) is 22.3. The van der Waals surface area contributed by atoms with E-state index in [1.807, 2.05) is 11.0 Å². The van der Waals surface area contributed by atoms with E-state index in [2.05, 4.69) is 68.6 Å². The number of aryl methyl sites for hydroxylation is 2. The number of carbonyl (C=O) groups is 2. The molecule has 4 aliphatic rings. The largest absolute Gasteiger partial charge is 0.489 e. The number of ether oxygens (including phenoxy) is 1. The molecule has 1 saturated carbocycles. The van der Waals surface area contributed by atoms with E-state index in [0.29, 0.717) is 78.1 Å². The SMILES string of the molecule is CC(=O)N1CCc2c(c(N3CCCc4cc(-c5cnn(C)c5)c(C(F)F)cc43)nn2C2CCN(c3ncc(C(=O)NC4C(C)(C)C(Oc5ccc(C#N)c(Cl)c5)C4(C)C)cn3)CC2)C1. The van der Waals surface area contributed by atoms with Gasteiger partial charge in [-0.25, -0.2) is 18.7 Å². The zero-order valence-corrected chi connectivity index (χ0v) is 37.7. The van der Waals surface area contributed by atoms with E-state index >= 15 is 0 Å². The number of fused-ring (bicyclic) bond motifs is 2. The van der Waals surface area contributed by atoms with Gasteiger partial charge in [-0.1, -0.05) is 39.3 Å². The number of benzene rings is 2. The highest BCUT2D eigenvalue weighted by molar-refractivity contribution is 6.31. The van der Waals surface area contributed by atoms with Crippen LogP contribution in [-0.2, 0) is 31.2 Å². The van der Waals surface area contributed by atoms with Gasteiger partial charge in [0.15, 0.2) is 5.82 Å². The van der Waals surface area contributed by atoms with Crippen LogP contribution in [0.1, 0.15) is 105 Å². The van der Waals surface area contributed by atoms with Crippen molar-refractivity contribution in [3.8, 4) is 22.9 Å². The first-order chi connectivity index (χ1) is 30.5. The minimum absolute atomic E-state index is 0.0116. The van der Waals surface area contributed by atoms with Gasteiger partial charge in [0.05, 0.1) is 34.9 Å². The van der Waals surface area contributed by atoms with E-state index in [-0.39, 0.29) is 35.6 Å². The summed E-state index contributed by atoms with van der Waals surface area (Å²) < 4.78 is 39.6. The number of hydrogen-bond acceptors (Lipinski definition) is 10. The van der Waals surface area contributed by atoms with Gasteiger partial charge in [0.2, 0.25) is 11.9 Å². The second-order valence-electron chi connectivity index (χ2n) is 18.7. The highest BCUT2D eigenvalue weighted by Gasteiger charge is 2.64. The number of halogens is 3. The summed E-state index contributed by atoms with van der Waals surface area (Å²) in [4.78, 5) is 41.6. The zero-order chi connectivity index (χ0) is 45.2. The van der Waals surface area contributed by atoms with Gasteiger partial charge in [-0.3, -0.25) is 19.0 Å². The van der Waals surface area contributed by atoms with Crippen molar-refractivity contribution in [2.45, 2.75) is 97.9 Å². The predicted molar refractivity (Wildman–Crippen MR) is 238 cm³/mol. The number of hydrogen-bond donors (Lipinski definition) is 1. The lowest BCUT2D eigenvalue weighted by Crippen LogP contribution is -2.74. The fourth-order valence-electron chi connectivity index (χ4n) is 10.8. The summed E-state index contributed by atoms with van der Waals surface area (Å²) in [6.45, 7) is 12.7. The van der Waals surface area contributed by atoms with Crippen LogP contribution in [0.5, 0.6) is 5.75 Å². The van der Waals surface area contributed by atoms with Crippen LogP contribution >= 0.6 is 11.6 Å². The molecule has 5 aromatic rings. The topological polar surface area (TPSA) is 150 Å². The number of nitrogens with zero attached hydrogens (tertiary/aromatic N) is 10. The summed E-state index contributed by atoms with van der Waals surface area (Å²) >= 11 is 6.27. The van der Waals surface area contributed by atoms with Crippen molar-refractivity contribution in [2.75, 3.05) is 36.0 Å². The molecule has 1 N–H and O–H groups in total. The Kier molecular flexibility index (Phi) is 11.1. The van der Waals surface area contributed by atoms with Gasteiger partial charge in [0.25, 0.3) is 12.3 Å². The van der Waals surface area contributed by atoms with Crippen molar-refractivity contribution >= 4 is 40.9 Å². The van der Waals surface area contributed by atoms with Crippen LogP contribution in [0.25, 0.3) is 11.1 Å². The summed E-state index contributed by atoms with van der Waals surface area (Å²) in [6.07, 6.45) is 7.36. The van der Waals surface area contributed by atoms with Crippen LogP contribution < -0.4 is 19.9 Å². The minimum Gasteiger partial charge on any atom is -0.489 e. The second-order valence-corrected chi connectivity index (χ2v) is 19.1. The molecule has 0 bridgehead atoms. The molecule has 17 heteroatoms. The lowest BCUT2D eigenvalue weighted by molar-refractivity contribution is -0.164. The van der Waals surface area contributed by atoms with Gasteiger partial charge >= 0.3 is 0 Å². The van der Waals surface area contributed by atoms with E-state index in [9.17, 15) is 23.6 Å². The van der Waals surface area contributed by atoms with Crippen LogP contribution in [0, 0.1) is 22.2 Å². The highest BCUT2D eigenvalue weighted by Crippen LogP contribution is 2.56. The van der Waals surface area contributed by atoms with E-state index in [1.54, 1.807) is 67.7 Å². The predicted octanol–water partition coefficient (Wildman–Crippen LogP) is 7.98. The molecule has 64 heavy (non-hydrogen) atoms. The van der Waals surface area contributed by atoms with Crippen LogP contribution in [-0.4, -0.2) is 84.6 Å². The van der Waals surface area contributed by atoms with Gasteiger partial charge in [0, 0.05) is 116 Å². The number of nitriles is 1. The number of piperidine rings is 1. The molecule has 9 rings (SSSR count). The van der Waals surface area contributed by atoms with E-state index in [0.717, 1.165) is 54.0 Å². The monoisotopic (exact) mass is 891 g/mol. The van der Waals surface area contributed by atoms with Crippen molar-refractivity contribution in [3.63, 3.8) is 0 Å². The lowest BCUT2D eigenvalue weighted by atomic mass is 9.49. The Morgan fingerprint density at radius 2 is 1.73 bits per heavy atom. The molecule has 2 fully saturated rings.